The number of aliphatic hydroxyl groups is 2. The molecule has 0 heterocycles. The number of benzene rings is 2. The molecule has 3 atom stereocenters. The summed E-state index contributed by atoms with van der Waals surface area (Å²) in [5.74, 6) is -0.453. The van der Waals surface area contributed by atoms with E-state index < -0.39 is 24.2 Å². The van der Waals surface area contributed by atoms with Gasteiger partial charge in [-0.25, -0.2) is 4.79 Å². The van der Waals surface area contributed by atoms with Gasteiger partial charge >= 0.3 is 5.97 Å². The maximum absolute atomic E-state index is 12.1. The average Bonchev–Trinajstić information content (AvgIpc) is 2.70. The van der Waals surface area contributed by atoms with E-state index in [4.69, 9.17) is 4.74 Å². The molecule has 0 aliphatic heterocycles. The molecule has 0 radical (unpaired) electrons. The predicted octanol–water partition coefficient (Wildman–Crippen LogP) is 2.35. The second-order valence-electron chi connectivity index (χ2n) is 6.62. The molecule has 3 unspecified atom stereocenters. The first-order valence-corrected chi connectivity index (χ1v) is 9.20. The molecule has 0 spiro atoms. The fourth-order valence-electron chi connectivity index (χ4n) is 3.36. The summed E-state index contributed by atoms with van der Waals surface area (Å²) in [5, 5.41) is 24.2. The molecule has 0 bridgehead atoms. The van der Waals surface area contributed by atoms with Crippen LogP contribution >= 0.6 is 0 Å². The Labute approximate surface area is 159 Å². The summed E-state index contributed by atoms with van der Waals surface area (Å²) in [6, 6.07) is 19.0. The van der Waals surface area contributed by atoms with Crippen LogP contribution in [0.4, 0.5) is 0 Å². The van der Waals surface area contributed by atoms with Gasteiger partial charge in [0.25, 0.3) is 0 Å². The third-order valence-corrected chi connectivity index (χ3v) is 4.73. The van der Waals surface area contributed by atoms with Crippen LogP contribution in [0.25, 0.3) is 0 Å². The normalized spacial score (nSPS) is 22.4. The first kappa shape index (κ1) is 19.3. The lowest BCUT2D eigenvalue weighted by Gasteiger charge is -2.34. The molecule has 2 aromatic carbocycles. The van der Waals surface area contributed by atoms with Crippen LogP contribution in [-0.2, 0) is 9.53 Å². The van der Waals surface area contributed by atoms with Crippen LogP contribution in [0, 0.1) is 0 Å². The smallest absolute Gasteiger partial charge is 0.333 e. The highest BCUT2D eigenvalue weighted by Crippen LogP contribution is 2.27. The number of carbonyl (C=O) groups is 1. The number of hydrogen-bond donors (Lipinski definition) is 3. The fourth-order valence-corrected chi connectivity index (χ4v) is 3.36. The first-order chi connectivity index (χ1) is 13.1. The number of ether oxygens (including phenoxy) is 1. The molecule has 1 aliphatic rings. The summed E-state index contributed by atoms with van der Waals surface area (Å²) < 4.78 is 5.06. The van der Waals surface area contributed by atoms with Gasteiger partial charge in [0.15, 0.2) is 0 Å². The summed E-state index contributed by atoms with van der Waals surface area (Å²) in [6.45, 7) is 2.01. The van der Waals surface area contributed by atoms with Crippen molar-refractivity contribution >= 4 is 5.97 Å². The lowest BCUT2D eigenvalue weighted by Crippen LogP contribution is -2.49. The number of rotatable bonds is 6. The van der Waals surface area contributed by atoms with Crippen LogP contribution in [0.15, 0.2) is 72.3 Å². The van der Waals surface area contributed by atoms with Crippen molar-refractivity contribution in [2.75, 3.05) is 6.61 Å². The number of aliphatic hydroxyl groups excluding tert-OH is 2. The van der Waals surface area contributed by atoms with E-state index in [2.05, 4.69) is 5.32 Å². The SMILES string of the molecule is CCOC(=O)C1=CC(NC(c2ccccc2)c2ccccc2)C(O)C(O)C1. The second-order valence-corrected chi connectivity index (χ2v) is 6.62. The summed E-state index contributed by atoms with van der Waals surface area (Å²) in [5.41, 5.74) is 2.44. The molecule has 1 aliphatic carbocycles. The summed E-state index contributed by atoms with van der Waals surface area (Å²) in [4.78, 5) is 12.1. The zero-order chi connectivity index (χ0) is 19.2. The van der Waals surface area contributed by atoms with Gasteiger partial charge in [-0.2, -0.15) is 0 Å². The van der Waals surface area contributed by atoms with Gasteiger partial charge in [-0.05, 0) is 18.1 Å². The van der Waals surface area contributed by atoms with Crippen LogP contribution in [0.5, 0.6) is 0 Å². The van der Waals surface area contributed by atoms with Crippen molar-refractivity contribution in [2.24, 2.45) is 0 Å². The van der Waals surface area contributed by atoms with E-state index in [0.717, 1.165) is 11.1 Å². The minimum Gasteiger partial charge on any atom is -0.463 e. The van der Waals surface area contributed by atoms with Gasteiger partial charge in [-0.15, -0.1) is 0 Å². The van der Waals surface area contributed by atoms with E-state index in [9.17, 15) is 15.0 Å². The van der Waals surface area contributed by atoms with E-state index in [1.807, 2.05) is 60.7 Å². The van der Waals surface area contributed by atoms with Crippen LogP contribution in [0.3, 0.4) is 0 Å². The molecular formula is C22H25NO4. The monoisotopic (exact) mass is 367 g/mol. The Balaban J connectivity index is 1.92. The van der Waals surface area contributed by atoms with Crippen molar-refractivity contribution in [1.29, 1.82) is 0 Å². The van der Waals surface area contributed by atoms with Gasteiger partial charge in [0, 0.05) is 12.0 Å². The number of esters is 1. The molecule has 0 amide bonds. The Bertz CT molecular complexity index is 736. The van der Waals surface area contributed by atoms with E-state index in [0.29, 0.717) is 5.57 Å². The molecule has 3 N–H and O–H groups in total. The van der Waals surface area contributed by atoms with Crippen LogP contribution in [0.1, 0.15) is 30.5 Å². The van der Waals surface area contributed by atoms with E-state index in [1.165, 1.54) is 0 Å². The van der Waals surface area contributed by atoms with E-state index in [-0.39, 0.29) is 19.1 Å². The average molecular weight is 367 g/mol. The standard InChI is InChI=1S/C22H25NO4/c1-2-27-22(26)17-13-18(21(25)19(24)14-17)23-20(15-9-5-3-6-10-15)16-11-7-4-8-12-16/h3-13,18-21,23-25H,2,14H2,1H3. The zero-order valence-corrected chi connectivity index (χ0v) is 15.3. The highest BCUT2D eigenvalue weighted by molar-refractivity contribution is 5.89. The van der Waals surface area contributed by atoms with Gasteiger partial charge in [-0.1, -0.05) is 66.7 Å². The highest BCUT2D eigenvalue weighted by Gasteiger charge is 2.34. The number of carbonyl (C=O) groups excluding carboxylic acids is 1. The van der Waals surface area contributed by atoms with Crippen LogP contribution in [0.2, 0.25) is 0 Å². The van der Waals surface area contributed by atoms with Crippen molar-refractivity contribution in [3.63, 3.8) is 0 Å². The van der Waals surface area contributed by atoms with E-state index in [1.54, 1.807) is 13.0 Å². The lowest BCUT2D eigenvalue weighted by atomic mass is 9.88. The quantitative estimate of drug-likeness (QED) is 0.683. The largest absolute Gasteiger partial charge is 0.463 e. The first-order valence-electron chi connectivity index (χ1n) is 9.20. The van der Waals surface area contributed by atoms with Gasteiger partial charge in [0.1, 0.15) is 0 Å². The summed E-state index contributed by atoms with van der Waals surface area (Å²) in [6.07, 6.45) is -0.287. The summed E-state index contributed by atoms with van der Waals surface area (Å²) in [7, 11) is 0. The third kappa shape index (κ3) is 4.63. The van der Waals surface area contributed by atoms with Crippen molar-refractivity contribution in [3.8, 4) is 0 Å². The van der Waals surface area contributed by atoms with Crippen molar-refractivity contribution in [1.82, 2.24) is 5.32 Å². The van der Waals surface area contributed by atoms with Crippen molar-refractivity contribution in [3.05, 3.63) is 83.4 Å². The third-order valence-electron chi connectivity index (χ3n) is 4.73. The molecule has 27 heavy (non-hydrogen) atoms. The van der Waals surface area contributed by atoms with E-state index >= 15 is 0 Å². The minimum absolute atomic E-state index is 0.0829. The van der Waals surface area contributed by atoms with Gasteiger partial charge in [0.2, 0.25) is 0 Å². The second kappa shape index (κ2) is 8.95. The number of hydrogen-bond acceptors (Lipinski definition) is 5. The van der Waals surface area contributed by atoms with Gasteiger partial charge < -0.3 is 14.9 Å². The van der Waals surface area contributed by atoms with Crippen LogP contribution in [-0.4, -0.2) is 41.0 Å². The Kier molecular flexibility index (Phi) is 6.40. The van der Waals surface area contributed by atoms with Gasteiger partial charge in [-0.3, -0.25) is 5.32 Å². The highest BCUT2D eigenvalue weighted by atomic mass is 16.5. The lowest BCUT2D eigenvalue weighted by molar-refractivity contribution is -0.139. The Morgan fingerprint density at radius 1 is 1.07 bits per heavy atom. The molecule has 2 aromatic rings. The molecule has 0 fully saturated rings. The molecule has 142 valence electrons. The molecule has 0 aromatic heterocycles. The Hall–Kier alpha value is -2.47. The Morgan fingerprint density at radius 3 is 2.15 bits per heavy atom. The van der Waals surface area contributed by atoms with Crippen LogP contribution < -0.4 is 5.32 Å². The number of nitrogens with one attached hydrogen (secondary N) is 1. The fraction of sp³-hybridized carbons (Fsp3) is 0.318. The predicted molar refractivity (Wildman–Crippen MR) is 103 cm³/mol. The van der Waals surface area contributed by atoms with Crippen molar-refractivity contribution < 1.29 is 19.7 Å². The zero-order valence-electron chi connectivity index (χ0n) is 15.3. The molecule has 5 nitrogen and oxygen atoms in total. The maximum atomic E-state index is 12.1. The minimum atomic E-state index is -1.03. The molecule has 5 heteroatoms. The molecule has 0 saturated heterocycles. The molecule has 3 rings (SSSR count). The summed E-state index contributed by atoms with van der Waals surface area (Å²) >= 11 is 0. The van der Waals surface area contributed by atoms with Crippen molar-refractivity contribution in [2.45, 2.75) is 37.6 Å². The topological polar surface area (TPSA) is 78.8 Å². The Morgan fingerprint density at radius 2 is 1.63 bits per heavy atom. The van der Waals surface area contributed by atoms with Gasteiger partial charge in [0.05, 0.1) is 30.9 Å². The molecular weight excluding hydrogens is 342 g/mol. The maximum Gasteiger partial charge on any atom is 0.333 e. The molecule has 0 saturated carbocycles.